The van der Waals surface area contributed by atoms with E-state index in [0.717, 1.165) is 18.4 Å². The molecule has 2 aromatic rings. The van der Waals surface area contributed by atoms with Gasteiger partial charge in [0.25, 0.3) is 5.91 Å². The van der Waals surface area contributed by atoms with Crippen molar-refractivity contribution in [2.45, 2.75) is 63.7 Å². The summed E-state index contributed by atoms with van der Waals surface area (Å²) in [6.07, 6.45) is 4.52. The Morgan fingerprint density at radius 1 is 1.23 bits per heavy atom. The van der Waals surface area contributed by atoms with Gasteiger partial charge in [-0.3, -0.25) is 9.59 Å². The molecular formula is C22H31N5O2S. The molecule has 0 radical (unpaired) electrons. The number of nitrogens with zero attached hydrogens (tertiary/aromatic N) is 3. The van der Waals surface area contributed by atoms with Gasteiger partial charge in [0.05, 0.1) is 11.8 Å². The molecule has 30 heavy (non-hydrogen) atoms. The molecule has 1 heterocycles. The highest BCUT2D eigenvalue weighted by atomic mass is 32.2. The van der Waals surface area contributed by atoms with Crippen LogP contribution in [-0.4, -0.2) is 38.4 Å². The third-order valence-electron chi connectivity index (χ3n) is 5.43. The standard InChI is InChI=1S/C22H31N5O2S/c1-14(2)19(24-21(29)16-9-7-8-15(3)12-16)20-25-26-22(27(20)4)30-13-18(28)23-17-10-5-6-11-17/h7-9,12,14,17,19H,5-6,10-11,13H2,1-4H3,(H,23,28)(H,24,29)/t19-/m0/s1. The van der Waals surface area contributed by atoms with Crippen LogP contribution in [0.1, 0.15) is 67.3 Å². The van der Waals surface area contributed by atoms with Crippen LogP contribution < -0.4 is 10.6 Å². The summed E-state index contributed by atoms with van der Waals surface area (Å²) in [5, 5.41) is 15.4. The Hall–Kier alpha value is -2.35. The maximum absolute atomic E-state index is 12.8. The third-order valence-corrected chi connectivity index (χ3v) is 6.45. The summed E-state index contributed by atoms with van der Waals surface area (Å²) in [6, 6.07) is 7.55. The lowest BCUT2D eigenvalue weighted by Gasteiger charge is -2.22. The number of benzene rings is 1. The Bertz CT molecular complexity index is 889. The topological polar surface area (TPSA) is 88.9 Å². The number of amides is 2. The first-order valence-corrected chi connectivity index (χ1v) is 11.5. The zero-order chi connectivity index (χ0) is 21.7. The van der Waals surface area contributed by atoms with Gasteiger partial charge in [0.2, 0.25) is 5.91 Å². The van der Waals surface area contributed by atoms with E-state index in [0.29, 0.717) is 28.3 Å². The van der Waals surface area contributed by atoms with Crippen molar-refractivity contribution >= 4 is 23.6 Å². The van der Waals surface area contributed by atoms with Crippen LogP contribution in [0.25, 0.3) is 0 Å². The number of thioether (sulfide) groups is 1. The Balaban J connectivity index is 1.65. The van der Waals surface area contributed by atoms with E-state index in [1.165, 1.54) is 24.6 Å². The van der Waals surface area contributed by atoms with Gasteiger partial charge in [-0.2, -0.15) is 0 Å². The normalized spacial score (nSPS) is 15.4. The molecule has 8 heteroatoms. The van der Waals surface area contributed by atoms with Gasteiger partial charge < -0.3 is 15.2 Å². The summed E-state index contributed by atoms with van der Waals surface area (Å²) >= 11 is 1.37. The molecule has 0 unspecified atom stereocenters. The molecule has 3 rings (SSSR count). The summed E-state index contributed by atoms with van der Waals surface area (Å²) in [5.74, 6) is 1.02. The number of hydrogen-bond donors (Lipinski definition) is 2. The molecule has 1 aromatic carbocycles. The van der Waals surface area contributed by atoms with Crippen LogP contribution in [0.4, 0.5) is 0 Å². The van der Waals surface area contributed by atoms with Crippen molar-refractivity contribution in [3.05, 3.63) is 41.2 Å². The molecule has 0 saturated heterocycles. The van der Waals surface area contributed by atoms with Gasteiger partial charge in [-0.05, 0) is 37.8 Å². The largest absolute Gasteiger partial charge is 0.353 e. The van der Waals surface area contributed by atoms with E-state index in [1.807, 2.05) is 50.6 Å². The van der Waals surface area contributed by atoms with E-state index in [9.17, 15) is 9.59 Å². The minimum atomic E-state index is -0.280. The van der Waals surface area contributed by atoms with E-state index in [-0.39, 0.29) is 23.8 Å². The minimum absolute atomic E-state index is 0.0320. The van der Waals surface area contributed by atoms with Crippen molar-refractivity contribution in [3.8, 4) is 0 Å². The molecule has 0 aliphatic heterocycles. The first-order chi connectivity index (χ1) is 14.3. The zero-order valence-corrected chi connectivity index (χ0v) is 19.0. The fraction of sp³-hybridized carbons (Fsp3) is 0.545. The van der Waals surface area contributed by atoms with E-state index in [1.54, 1.807) is 6.07 Å². The SMILES string of the molecule is Cc1cccc(C(=O)N[C@H](c2nnc(SCC(=O)NC3CCCC3)n2C)C(C)C)c1. The van der Waals surface area contributed by atoms with Gasteiger partial charge in [-0.25, -0.2) is 0 Å². The maximum Gasteiger partial charge on any atom is 0.251 e. The number of carbonyl (C=O) groups excluding carboxylic acids is 2. The number of aryl methyl sites for hydroxylation is 1. The average Bonchev–Trinajstić information content (AvgIpc) is 3.34. The Morgan fingerprint density at radius 2 is 1.97 bits per heavy atom. The van der Waals surface area contributed by atoms with Crippen molar-refractivity contribution in [3.63, 3.8) is 0 Å². The van der Waals surface area contributed by atoms with E-state index < -0.39 is 0 Å². The molecule has 1 aliphatic rings. The van der Waals surface area contributed by atoms with Crippen LogP contribution >= 0.6 is 11.8 Å². The van der Waals surface area contributed by atoms with Gasteiger partial charge in [0.1, 0.15) is 0 Å². The molecule has 1 fully saturated rings. The average molecular weight is 430 g/mol. The monoisotopic (exact) mass is 429 g/mol. The van der Waals surface area contributed by atoms with Crippen LogP contribution in [0.2, 0.25) is 0 Å². The fourth-order valence-corrected chi connectivity index (χ4v) is 4.46. The first kappa shape index (κ1) is 22.3. The second-order valence-electron chi connectivity index (χ2n) is 8.30. The number of rotatable bonds is 8. The molecule has 1 aliphatic carbocycles. The lowest BCUT2D eigenvalue weighted by molar-refractivity contribution is -0.119. The minimum Gasteiger partial charge on any atom is -0.353 e. The fourth-order valence-electron chi connectivity index (χ4n) is 3.73. The van der Waals surface area contributed by atoms with Gasteiger partial charge in [-0.1, -0.05) is 56.1 Å². The molecule has 0 bridgehead atoms. The highest BCUT2D eigenvalue weighted by Crippen LogP contribution is 2.25. The Labute approximate surface area is 182 Å². The molecule has 7 nitrogen and oxygen atoms in total. The highest BCUT2D eigenvalue weighted by molar-refractivity contribution is 7.99. The first-order valence-electron chi connectivity index (χ1n) is 10.5. The van der Waals surface area contributed by atoms with Gasteiger partial charge in [0.15, 0.2) is 11.0 Å². The predicted molar refractivity (Wildman–Crippen MR) is 118 cm³/mol. The van der Waals surface area contributed by atoms with Crippen LogP contribution in [0, 0.1) is 12.8 Å². The second-order valence-corrected chi connectivity index (χ2v) is 9.24. The van der Waals surface area contributed by atoms with E-state index in [2.05, 4.69) is 20.8 Å². The van der Waals surface area contributed by atoms with Gasteiger partial charge in [0, 0.05) is 18.7 Å². The van der Waals surface area contributed by atoms with Crippen LogP contribution in [0.5, 0.6) is 0 Å². The molecule has 162 valence electrons. The quantitative estimate of drug-likeness (QED) is 0.628. The van der Waals surface area contributed by atoms with E-state index in [4.69, 9.17) is 0 Å². The summed E-state index contributed by atoms with van der Waals surface area (Å²) in [7, 11) is 1.88. The number of carbonyl (C=O) groups is 2. The summed E-state index contributed by atoms with van der Waals surface area (Å²) in [5.41, 5.74) is 1.66. The van der Waals surface area contributed by atoms with Crippen LogP contribution in [0.15, 0.2) is 29.4 Å². The number of aromatic nitrogens is 3. The molecule has 2 N–H and O–H groups in total. The molecule has 0 spiro atoms. The number of hydrogen-bond acceptors (Lipinski definition) is 5. The Kier molecular flexibility index (Phi) is 7.53. The molecule has 1 saturated carbocycles. The lowest BCUT2D eigenvalue weighted by atomic mass is 10.0. The lowest BCUT2D eigenvalue weighted by Crippen LogP contribution is -2.34. The summed E-state index contributed by atoms with van der Waals surface area (Å²) < 4.78 is 1.87. The predicted octanol–water partition coefficient (Wildman–Crippen LogP) is 3.40. The van der Waals surface area contributed by atoms with Crippen LogP contribution in [-0.2, 0) is 11.8 Å². The van der Waals surface area contributed by atoms with Crippen molar-refractivity contribution < 1.29 is 9.59 Å². The smallest absolute Gasteiger partial charge is 0.251 e. The van der Waals surface area contributed by atoms with Crippen molar-refractivity contribution in [1.82, 2.24) is 25.4 Å². The molecule has 1 aromatic heterocycles. The molecular weight excluding hydrogens is 398 g/mol. The Morgan fingerprint density at radius 3 is 2.63 bits per heavy atom. The number of nitrogens with one attached hydrogen (secondary N) is 2. The van der Waals surface area contributed by atoms with Crippen molar-refractivity contribution in [2.75, 3.05) is 5.75 Å². The highest BCUT2D eigenvalue weighted by Gasteiger charge is 2.25. The zero-order valence-electron chi connectivity index (χ0n) is 18.1. The molecule has 1 atom stereocenters. The van der Waals surface area contributed by atoms with Gasteiger partial charge in [-0.15, -0.1) is 10.2 Å². The van der Waals surface area contributed by atoms with E-state index >= 15 is 0 Å². The van der Waals surface area contributed by atoms with Crippen molar-refractivity contribution in [2.24, 2.45) is 13.0 Å². The third kappa shape index (κ3) is 5.62. The van der Waals surface area contributed by atoms with Crippen molar-refractivity contribution in [1.29, 1.82) is 0 Å². The van der Waals surface area contributed by atoms with Gasteiger partial charge >= 0.3 is 0 Å². The van der Waals surface area contributed by atoms with Crippen LogP contribution in [0.3, 0.4) is 0 Å². The molecule has 2 amide bonds. The second kappa shape index (κ2) is 10.1. The maximum atomic E-state index is 12.8. The summed E-state index contributed by atoms with van der Waals surface area (Å²) in [6.45, 7) is 6.04. The summed E-state index contributed by atoms with van der Waals surface area (Å²) in [4.78, 5) is 25.0.